The third-order valence-corrected chi connectivity index (χ3v) is 4.82. The van der Waals surface area contributed by atoms with Crippen LogP contribution in [0.15, 0.2) is 29.8 Å². The maximum atomic E-state index is 12.8. The third-order valence-electron chi connectivity index (χ3n) is 4.82. The molecule has 1 aliphatic rings. The molecule has 0 saturated heterocycles. The normalized spacial score (nSPS) is 20.4. The van der Waals surface area contributed by atoms with E-state index < -0.39 is 0 Å². The van der Waals surface area contributed by atoms with E-state index in [0.29, 0.717) is 17.0 Å². The van der Waals surface area contributed by atoms with E-state index in [9.17, 15) is 9.59 Å². The van der Waals surface area contributed by atoms with Crippen LogP contribution in [-0.2, 0) is 4.79 Å². The lowest BCUT2D eigenvalue weighted by Crippen LogP contribution is -2.22. The summed E-state index contributed by atoms with van der Waals surface area (Å²) in [5, 5.41) is 2.95. The molecule has 25 heavy (non-hydrogen) atoms. The first-order valence-electron chi connectivity index (χ1n) is 8.45. The number of anilines is 1. The molecule has 1 aromatic rings. The van der Waals surface area contributed by atoms with E-state index in [1.54, 1.807) is 39.4 Å². The van der Waals surface area contributed by atoms with Crippen molar-refractivity contribution in [2.24, 2.45) is 17.3 Å². The molecule has 1 fully saturated rings. The van der Waals surface area contributed by atoms with Gasteiger partial charge in [0.2, 0.25) is 5.91 Å². The fourth-order valence-corrected chi connectivity index (χ4v) is 3.26. The van der Waals surface area contributed by atoms with Crippen molar-refractivity contribution in [3.05, 3.63) is 35.4 Å². The smallest absolute Gasteiger partial charge is 0.253 e. The van der Waals surface area contributed by atoms with Gasteiger partial charge in [0.15, 0.2) is 0 Å². The van der Waals surface area contributed by atoms with Crippen molar-refractivity contribution in [2.45, 2.75) is 27.7 Å². The SMILES string of the molecule is COc1ccc(C(=O)N(C)C)cc1NC(=O)[C@H]1[C@H](C=C(C)C)C1(C)C. The molecule has 5 nitrogen and oxygen atoms in total. The quantitative estimate of drug-likeness (QED) is 0.831. The highest BCUT2D eigenvalue weighted by Gasteiger charge is 2.60. The first kappa shape index (κ1) is 19.0. The van der Waals surface area contributed by atoms with Crippen LogP contribution in [0, 0.1) is 17.3 Å². The summed E-state index contributed by atoms with van der Waals surface area (Å²) < 4.78 is 5.33. The van der Waals surface area contributed by atoms with Gasteiger partial charge in [-0.2, -0.15) is 0 Å². The Labute approximate surface area is 150 Å². The lowest BCUT2D eigenvalue weighted by atomic mass is 10.1. The molecular weight excluding hydrogens is 316 g/mol. The minimum Gasteiger partial charge on any atom is -0.495 e. The maximum Gasteiger partial charge on any atom is 0.253 e. The number of hydrogen-bond acceptors (Lipinski definition) is 3. The number of allylic oxidation sites excluding steroid dienone is 2. The molecule has 1 aromatic carbocycles. The van der Waals surface area contributed by atoms with Crippen molar-refractivity contribution in [3.63, 3.8) is 0 Å². The lowest BCUT2D eigenvalue weighted by Gasteiger charge is -2.14. The first-order chi connectivity index (χ1) is 11.6. The van der Waals surface area contributed by atoms with Crippen LogP contribution in [0.3, 0.4) is 0 Å². The zero-order valence-corrected chi connectivity index (χ0v) is 16.1. The predicted molar refractivity (Wildman–Crippen MR) is 99.8 cm³/mol. The first-order valence-corrected chi connectivity index (χ1v) is 8.45. The van der Waals surface area contributed by atoms with E-state index in [4.69, 9.17) is 4.74 Å². The summed E-state index contributed by atoms with van der Waals surface area (Å²) in [6, 6.07) is 5.08. The second kappa shape index (κ2) is 6.90. The van der Waals surface area contributed by atoms with Gasteiger partial charge in [-0.3, -0.25) is 9.59 Å². The summed E-state index contributed by atoms with van der Waals surface area (Å²) in [6.07, 6.45) is 2.16. The topological polar surface area (TPSA) is 58.6 Å². The van der Waals surface area contributed by atoms with E-state index in [0.717, 1.165) is 0 Å². The molecule has 0 radical (unpaired) electrons. The molecule has 0 aliphatic heterocycles. The van der Waals surface area contributed by atoms with E-state index in [-0.39, 0.29) is 29.1 Å². The average molecular weight is 344 g/mol. The zero-order valence-electron chi connectivity index (χ0n) is 16.1. The molecule has 0 heterocycles. The van der Waals surface area contributed by atoms with Crippen molar-refractivity contribution in [2.75, 3.05) is 26.5 Å². The number of methoxy groups -OCH3 is 1. The molecule has 0 aromatic heterocycles. The Morgan fingerprint density at radius 3 is 2.40 bits per heavy atom. The standard InChI is InChI=1S/C20H28N2O3/c1-12(2)10-14-17(20(14,3)4)18(23)21-15-11-13(19(24)22(5)6)8-9-16(15)25-7/h8-11,14,17H,1-7H3,(H,21,23)/t14-,17+/m0/s1. The highest BCUT2D eigenvalue weighted by atomic mass is 16.5. The number of amides is 2. The second-order valence-corrected chi connectivity index (χ2v) is 7.67. The van der Waals surface area contributed by atoms with E-state index >= 15 is 0 Å². The Balaban J connectivity index is 2.24. The van der Waals surface area contributed by atoms with E-state index in [1.807, 2.05) is 13.8 Å². The number of benzene rings is 1. The summed E-state index contributed by atoms with van der Waals surface area (Å²) >= 11 is 0. The van der Waals surface area contributed by atoms with Crippen molar-refractivity contribution < 1.29 is 14.3 Å². The van der Waals surface area contributed by atoms with Gasteiger partial charge < -0.3 is 15.0 Å². The summed E-state index contributed by atoms with van der Waals surface area (Å²) in [6.45, 7) is 8.29. The van der Waals surface area contributed by atoms with Crippen LogP contribution in [0.5, 0.6) is 5.75 Å². The Morgan fingerprint density at radius 1 is 1.24 bits per heavy atom. The van der Waals surface area contributed by atoms with Crippen LogP contribution in [-0.4, -0.2) is 37.9 Å². The predicted octanol–water partition coefficient (Wildman–Crippen LogP) is 3.57. The molecule has 2 atom stereocenters. The molecule has 2 amide bonds. The molecule has 1 N–H and O–H groups in total. The van der Waals surface area contributed by atoms with Crippen molar-refractivity contribution >= 4 is 17.5 Å². The molecule has 2 rings (SSSR count). The molecule has 0 unspecified atom stereocenters. The maximum absolute atomic E-state index is 12.8. The fraction of sp³-hybridized carbons (Fsp3) is 0.500. The van der Waals surface area contributed by atoms with Gasteiger partial charge in [-0.15, -0.1) is 0 Å². The number of nitrogens with one attached hydrogen (secondary N) is 1. The largest absolute Gasteiger partial charge is 0.495 e. The van der Waals surface area contributed by atoms with Crippen LogP contribution < -0.4 is 10.1 Å². The third kappa shape index (κ3) is 3.86. The number of nitrogens with zero attached hydrogens (tertiary/aromatic N) is 1. The van der Waals surface area contributed by atoms with Crippen molar-refractivity contribution in [1.29, 1.82) is 0 Å². The van der Waals surface area contributed by atoms with Crippen LogP contribution >= 0.6 is 0 Å². The van der Waals surface area contributed by atoms with Crippen LogP contribution in [0.4, 0.5) is 5.69 Å². The summed E-state index contributed by atoms with van der Waals surface area (Å²) in [5.74, 6) is 0.531. The van der Waals surface area contributed by atoms with Gasteiger partial charge in [0.25, 0.3) is 5.91 Å². The monoisotopic (exact) mass is 344 g/mol. The number of carbonyl (C=O) groups is 2. The van der Waals surface area contributed by atoms with Crippen LogP contribution in [0.2, 0.25) is 0 Å². The highest BCUT2D eigenvalue weighted by molar-refractivity contribution is 6.00. The minimum absolute atomic E-state index is 0.0414. The lowest BCUT2D eigenvalue weighted by molar-refractivity contribution is -0.118. The number of hydrogen-bond donors (Lipinski definition) is 1. The summed E-state index contributed by atoms with van der Waals surface area (Å²) in [4.78, 5) is 26.4. The molecule has 0 spiro atoms. The van der Waals surface area contributed by atoms with E-state index in [1.165, 1.54) is 10.5 Å². The number of rotatable bonds is 5. The van der Waals surface area contributed by atoms with Gasteiger partial charge in [0.1, 0.15) is 5.75 Å². The highest BCUT2D eigenvalue weighted by Crippen LogP contribution is 2.59. The summed E-state index contributed by atoms with van der Waals surface area (Å²) in [5.41, 5.74) is 2.19. The van der Waals surface area contributed by atoms with E-state index in [2.05, 4.69) is 25.2 Å². The Hall–Kier alpha value is -2.30. The fourth-order valence-electron chi connectivity index (χ4n) is 3.26. The van der Waals surface area contributed by atoms with Crippen LogP contribution in [0.25, 0.3) is 0 Å². The molecule has 136 valence electrons. The average Bonchev–Trinajstić information content (AvgIpc) is 3.06. The Kier molecular flexibility index (Phi) is 5.26. The Bertz CT molecular complexity index is 716. The molecule has 1 aliphatic carbocycles. The summed E-state index contributed by atoms with van der Waals surface area (Å²) in [7, 11) is 4.94. The minimum atomic E-state index is -0.118. The number of ether oxygens (including phenoxy) is 1. The van der Waals surface area contributed by atoms with Gasteiger partial charge in [-0.05, 0) is 43.4 Å². The molecule has 0 bridgehead atoms. The molecule has 5 heteroatoms. The molecular formula is C20H28N2O3. The van der Waals surface area contributed by atoms with Gasteiger partial charge in [0, 0.05) is 19.7 Å². The van der Waals surface area contributed by atoms with Gasteiger partial charge >= 0.3 is 0 Å². The van der Waals surface area contributed by atoms with Crippen molar-refractivity contribution in [1.82, 2.24) is 4.90 Å². The van der Waals surface area contributed by atoms with Gasteiger partial charge in [0.05, 0.1) is 18.7 Å². The van der Waals surface area contributed by atoms with Crippen molar-refractivity contribution in [3.8, 4) is 5.75 Å². The van der Waals surface area contributed by atoms with Crippen LogP contribution in [0.1, 0.15) is 38.1 Å². The zero-order chi connectivity index (χ0) is 18.9. The molecule has 1 saturated carbocycles. The Morgan fingerprint density at radius 2 is 1.88 bits per heavy atom. The van der Waals surface area contributed by atoms with Gasteiger partial charge in [-0.25, -0.2) is 0 Å². The second-order valence-electron chi connectivity index (χ2n) is 7.67. The van der Waals surface area contributed by atoms with Gasteiger partial charge in [-0.1, -0.05) is 25.5 Å². The number of carbonyl (C=O) groups excluding carboxylic acids is 2.